The third-order valence-corrected chi connectivity index (χ3v) is 5.35. The average Bonchev–Trinajstić information content (AvgIpc) is 3.06. The van der Waals surface area contributed by atoms with Crippen LogP contribution in [-0.2, 0) is 6.54 Å². The van der Waals surface area contributed by atoms with E-state index in [2.05, 4.69) is 16.3 Å². The fourth-order valence-electron chi connectivity index (χ4n) is 3.95. The predicted molar refractivity (Wildman–Crippen MR) is 85.7 cm³/mol. The van der Waals surface area contributed by atoms with Gasteiger partial charge in [-0.15, -0.1) is 0 Å². The lowest BCUT2D eigenvalue weighted by atomic mass is 9.99. The van der Waals surface area contributed by atoms with Crippen molar-refractivity contribution in [3.8, 4) is 0 Å². The molecule has 1 aromatic heterocycles. The van der Waals surface area contributed by atoms with Gasteiger partial charge in [-0.2, -0.15) is 0 Å². The van der Waals surface area contributed by atoms with E-state index in [-0.39, 0.29) is 0 Å². The molecule has 21 heavy (non-hydrogen) atoms. The number of nitrogens with zero attached hydrogens (tertiary/aromatic N) is 1. The fourth-order valence-corrected chi connectivity index (χ4v) is 4.20. The summed E-state index contributed by atoms with van der Waals surface area (Å²) in [6.07, 6.45) is 5.31. The number of hydrogen-bond donors (Lipinski definition) is 1. The first-order valence-corrected chi connectivity index (χ1v) is 8.34. The molecular formula is C17H21ClN2O. The van der Waals surface area contributed by atoms with E-state index in [1.807, 2.05) is 18.2 Å². The van der Waals surface area contributed by atoms with Crippen molar-refractivity contribution in [2.45, 2.75) is 44.3 Å². The molecule has 0 spiro atoms. The Morgan fingerprint density at radius 2 is 2.10 bits per heavy atom. The van der Waals surface area contributed by atoms with Gasteiger partial charge in [-0.05, 0) is 43.5 Å². The standard InChI is InChI=1S/C17H21ClN2O/c18-17-13(12-5-1-2-7-16(12)21-17)11-19-14-8-10-20-9-4-3-6-15(14)20/h1-2,5,7,14-15,19H,3-4,6,8-11H2. The Kier molecular flexibility index (Phi) is 3.66. The van der Waals surface area contributed by atoms with Gasteiger partial charge in [0, 0.05) is 36.1 Å². The van der Waals surface area contributed by atoms with Gasteiger partial charge >= 0.3 is 0 Å². The zero-order valence-corrected chi connectivity index (χ0v) is 12.9. The van der Waals surface area contributed by atoms with Crippen LogP contribution in [0.2, 0.25) is 5.22 Å². The maximum Gasteiger partial charge on any atom is 0.199 e. The third-order valence-electron chi connectivity index (χ3n) is 5.05. The molecule has 2 fully saturated rings. The molecule has 2 unspecified atom stereocenters. The SMILES string of the molecule is Clc1oc2ccccc2c1CNC1CCN2CCCCC12. The van der Waals surface area contributed by atoms with Crippen LogP contribution in [0.3, 0.4) is 0 Å². The lowest BCUT2D eigenvalue weighted by Crippen LogP contribution is -2.44. The summed E-state index contributed by atoms with van der Waals surface area (Å²) >= 11 is 6.27. The Morgan fingerprint density at radius 1 is 1.19 bits per heavy atom. The molecule has 4 heteroatoms. The van der Waals surface area contributed by atoms with Crippen LogP contribution in [0.25, 0.3) is 11.0 Å². The fraction of sp³-hybridized carbons (Fsp3) is 0.529. The maximum atomic E-state index is 6.27. The van der Waals surface area contributed by atoms with Crippen molar-refractivity contribution < 1.29 is 4.42 Å². The van der Waals surface area contributed by atoms with Crippen molar-refractivity contribution in [2.24, 2.45) is 0 Å². The van der Waals surface area contributed by atoms with Gasteiger partial charge < -0.3 is 9.73 Å². The summed E-state index contributed by atoms with van der Waals surface area (Å²) in [6, 6.07) is 9.39. The van der Waals surface area contributed by atoms with Crippen LogP contribution in [0, 0.1) is 0 Å². The Morgan fingerprint density at radius 3 is 3.05 bits per heavy atom. The van der Waals surface area contributed by atoms with Crippen LogP contribution in [0.4, 0.5) is 0 Å². The quantitative estimate of drug-likeness (QED) is 0.935. The number of furan rings is 1. The Labute approximate surface area is 130 Å². The average molecular weight is 305 g/mol. The molecule has 2 aliphatic heterocycles. The van der Waals surface area contributed by atoms with Gasteiger partial charge in [0.25, 0.3) is 0 Å². The number of halogens is 1. The minimum Gasteiger partial charge on any atom is -0.444 e. The molecule has 1 aromatic carbocycles. The van der Waals surface area contributed by atoms with Gasteiger partial charge in [0.1, 0.15) is 5.58 Å². The maximum absolute atomic E-state index is 6.27. The van der Waals surface area contributed by atoms with E-state index < -0.39 is 0 Å². The minimum atomic E-state index is 0.530. The predicted octanol–water partition coefficient (Wildman–Crippen LogP) is 3.80. The van der Waals surface area contributed by atoms with Crippen LogP contribution >= 0.6 is 11.6 Å². The lowest BCUT2D eigenvalue weighted by molar-refractivity contribution is 0.180. The number of piperidine rings is 1. The van der Waals surface area contributed by atoms with Crippen molar-refractivity contribution in [1.29, 1.82) is 0 Å². The van der Waals surface area contributed by atoms with Gasteiger partial charge in [-0.3, -0.25) is 4.90 Å². The summed E-state index contributed by atoms with van der Waals surface area (Å²) in [5.74, 6) is 0. The van der Waals surface area contributed by atoms with Crippen molar-refractivity contribution in [3.05, 3.63) is 35.0 Å². The summed E-state index contributed by atoms with van der Waals surface area (Å²) < 4.78 is 5.64. The second-order valence-corrected chi connectivity index (χ2v) is 6.57. The Balaban J connectivity index is 1.50. The van der Waals surface area contributed by atoms with Gasteiger partial charge in [0.05, 0.1) is 0 Å². The molecule has 0 amide bonds. The van der Waals surface area contributed by atoms with E-state index in [0.717, 1.165) is 29.1 Å². The van der Waals surface area contributed by atoms with Gasteiger partial charge in [-0.25, -0.2) is 0 Å². The van der Waals surface area contributed by atoms with Crippen LogP contribution in [-0.4, -0.2) is 30.1 Å². The smallest absolute Gasteiger partial charge is 0.199 e. The number of rotatable bonds is 3. The van der Waals surface area contributed by atoms with Crippen molar-refractivity contribution in [2.75, 3.05) is 13.1 Å². The van der Waals surface area contributed by atoms with Crippen LogP contribution < -0.4 is 5.32 Å². The van der Waals surface area contributed by atoms with Crippen molar-refractivity contribution in [1.82, 2.24) is 10.2 Å². The molecule has 0 radical (unpaired) electrons. The monoisotopic (exact) mass is 304 g/mol. The number of nitrogens with one attached hydrogen (secondary N) is 1. The summed E-state index contributed by atoms with van der Waals surface area (Å²) in [7, 11) is 0. The van der Waals surface area contributed by atoms with E-state index in [4.69, 9.17) is 16.0 Å². The highest BCUT2D eigenvalue weighted by Gasteiger charge is 2.35. The molecule has 0 aliphatic carbocycles. The zero-order valence-electron chi connectivity index (χ0n) is 12.1. The molecule has 2 aliphatic rings. The largest absolute Gasteiger partial charge is 0.444 e. The molecule has 3 heterocycles. The number of hydrogen-bond acceptors (Lipinski definition) is 3. The molecule has 2 atom stereocenters. The summed E-state index contributed by atoms with van der Waals surface area (Å²) in [4.78, 5) is 2.65. The zero-order chi connectivity index (χ0) is 14.2. The van der Waals surface area contributed by atoms with Gasteiger partial charge in [0.15, 0.2) is 5.22 Å². The van der Waals surface area contributed by atoms with E-state index in [9.17, 15) is 0 Å². The highest BCUT2D eigenvalue weighted by molar-refractivity contribution is 6.30. The highest BCUT2D eigenvalue weighted by Crippen LogP contribution is 2.31. The second-order valence-electron chi connectivity index (χ2n) is 6.23. The molecule has 112 valence electrons. The van der Waals surface area contributed by atoms with Crippen LogP contribution in [0.5, 0.6) is 0 Å². The molecular weight excluding hydrogens is 284 g/mol. The number of para-hydroxylation sites is 1. The number of fused-ring (bicyclic) bond motifs is 2. The third kappa shape index (κ3) is 2.48. The first kappa shape index (κ1) is 13.6. The van der Waals surface area contributed by atoms with E-state index >= 15 is 0 Å². The van der Waals surface area contributed by atoms with Gasteiger partial charge in [-0.1, -0.05) is 24.6 Å². The van der Waals surface area contributed by atoms with E-state index in [1.165, 1.54) is 38.8 Å². The summed E-state index contributed by atoms with van der Waals surface area (Å²) in [6.45, 7) is 3.31. The molecule has 1 N–H and O–H groups in total. The van der Waals surface area contributed by atoms with E-state index in [1.54, 1.807) is 0 Å². The second kappa shape index (κ2) is 5.64. The van der Waals surface area contributed by atoms with Crippen molar-refractivity contribution in [3.63, 3.8) is 0 Å². The Bertz CT molecular complexity index is 639. The van der Waals surface area contributed by atoms with Crippen molar-refractivity contribution >= 4 is 22.6 Å². The molecule has 0 saturated carbocycles. The van der Waals surface area contributed by atoms with E-state index in [0.29, 0.717) is 11.3 Å². The molecule has 0 bridgehead atoms. The lowest BCUT2D eigenvalue weighted by Gasteiger charge is -2.32. The Hall–Kier alpha value is -1.03. The molecule has 2 saturated heterocycles. The van der Waals surface area contributed by atoms with Crippen LogP contribution in [0.15, 0.2) is 28.7 Å². The minimum absolute atomic E-state index is 0.530. The topological polar surface area (TPSA) is 28.4 Å². The summed E-state index contributed by atoms with van der Waals surface area (Å²) in [5.41, 5.74) is 1.98. The normalized spacial score (nSPS) is 26.3. The molecule has 4 rings (SSSR count). The molecule has 3 nitrogen and oxygen atoms in total. The summed E-state index contributed by atoms with van der Waals surface area (Å²) in [5, 5.41) is 5.39. The molecule has 2 aromatic rings. The first-order valence-electron chi connectivity index (χ1n) is 7.96. The first-order chi connectivity index (χ1) is 10.3. The number of benzene rings is 1. The van der Waals surface area contributed by atoms with Gasteiger partial charge in [0.2, 0.25) is 0 Å². The van der Waals surface area contributed by atoms with Crippen LogP contribution in [0.1, 0.15) is 31.2 Å². The highest BCUT2D eigenvalue weighted by atomic mass is 35.5.